The molecule has 0 atom stereocenters. The zero-order valence-electron chi connectivity index (χ0n) is 9.85. The van der Waals surface area contributed by atoms with Crippen LogP contribution in [0.15, 0.2) is 34.9 Å². The van der Waals surface area contributed by atoms with Crippen molar-refractivity contribution in [2.45, 2.75) is 13.5 Å². The van der Waals surface area contributed by atoms with Gasteiger partial charge in [-0.05, 0) is 19.1 Å². The molecule has 1 aromatic carbocycles. The van der Waals surface area contributed by atoms with Gasteiger partial charge in [-0.3, -0.25) is 4.40 Å². The van der Waals surface area contributed by atoms with Crippen molar-refractivity contribution in [3.8, 4) is 11.3 Å². The van der Waals surface area contributed by atoms with Gasteiger partial charge in [-0.2, -0.15) is 0 Å². The molecule has 0 aliphatic carbocycles. The summed E-state index contributed by atoms with van der Waals surface area (Å²) >= 11 is 5.13. The third-order valence-electron chi connectivity index (χ3n) is 2.85. The fourth-order valence-electron chi connectivity index (χ4n) is 2.03. The van der Waals surface area contributed by atoms with Gasteiger partial charge in [-0.1, -0.05) is 28.1 Å². The van der Waals surface area contributed by atoms with Crippen LogP contribution in [0.4, 0.5) is 0 Å². The number of imidazole rings is 1. The third kappa shape index (κ3) is 1.88. The summed E-state index contributed by atoms with van der Waals surface area (Å²) in [4.78, 5) is 6.94. The molecule has 3 rings (SSSR count). The van der Waals surface area contributed by atoms with Crippen molar-refractivity contribution in [3.63, 3.8) is 0 Å². The standard InChI is InChI=1S/C13H12BrN3S/c1-8-7-17-11(6-15)12(16-13(17)18-8)9-2-4-10(14)5-3-9/h2-5,7H,6,15H2,1H3. The average Bonchev–Trinajstić information content (AvgIpc) is 2.85. The number of aryl methyl sites for hydroxylation is 1. The van der Waals surface area contributed by atoms with Gasteiger partial charge in [-0.25, -0.2) is 4.98 Å². The molecule has 2 aromatic heterocycles. The summed E-state index contributed by atoms with van der Waals surface area (Å²) in [6.07, 6.45) is 2.09. The van der Waals surface area contributed by atoms with E-state index in [0.717, 1.165) is 26.4 Å². The molecular formula is C13H12BrN3S. The van der Waals surface area contributed by atoms with Gasteiger partial charge >= 0.3 is 0 Å². The maximum Gasteiger partial charge on any atom is 0.194 e. The Morgan fingerprint density at radius 2 is 2.06 bits per heavy atom. The van der Waals surface area contributed by atoms with Gasteiger partial charge in [0.2, 0.25) is 0 Å². The summed E-state index contributed by atoms with van der Waals surface area (Å²) in [6.45, 7) is 2.57. The molecule has 18 heavy (non-hydrogen) atoms. The van der Waals surface area contributed by atoms with Crippen LogP contribution in [0.25, 0.3) is 16.2 Å². The van der Waals surface area contributed by atoms with Crippen LogP contribution < -0.4 is 5.73 Å². The van der Waals surface area contributed by atoms with Crippen molar-refractivity contribution in [2.75, 3.05) is 0 Å². The lowest BCUT2D eigenvalue weighted by atomic mass is 10.1. The Bertz CT molecular complexity index is 697. The summed E-state index contributed by atoms with van der Waals surface area (Å²) in [5.74, 6) is 0. The zero-order valence-corrected chi connectivity index (χ0v) is 12.3. The maximum absolute atomic E-state index is 5.87. The molecular weight excluding hydrogens is 310 g/mol. The minimum atomic E-state index is 0.489. The molecule has 0 aliphatic rings. The van der Waals surface area contributed by atoms with E-state index in [1.54, 1.807) is 11.3 Å². The second kappa shape index (κ2) is 4.50. The molecule has 92 valence electrons. The number of nitrogens with two attached hydrogens (primary N) is 1. The van der Waals surface area contributed by atoms with Crippen LogP contribution in [-0.4, -0.2) is 9.38 Å². The maximum atomic E-state index is 5.87. The molecule has 2 heterocycles. The summed E-state index contributed by atoms with van der Waals surface area (Å²) in [7, 11) is 0. The molecule has 2 N–H and O–H groups in total. The van der Waals surface area contributed by atoms with Crippen LogP contribution in [0.3, 0.4) is 0 Å². The molecule has 0 aliphatic heterocycles. The Kier molecular flexibility index (Phi) is 2.97. The summed E-state index contributed by atoms with van der Waals surface area (Å²) in [5, 5.41) is 0. The van der Waals surface area contributed by atoms with E-state index >= 15 is 0 Å². The number of thiazole rings is 1. The predicted octanol–water partition coefficient (Wildman–Crippen LogP) is 3.59. The Morgan fingerprint density at radius 3 is 2.72 bits per heavy atom. The van der Waals surface area contributed by atoms with Crippen LogP contribution in [0, 0.1) is 6.92 Å². The van der Waals surface area contributed by atoms with Gasteiger partial charge in [0, 0.05) is 27.7 Å². The third-order valence-corrected chi connectivity index (χ3v) is 4.28. The normalized spacial score (nSPS) is 11.3. The predicted molar refractivity (Wildman–Crippen MR) is 78.8 cm³/mol. The van der Waals surface area contributed by atoms with Crippen molar-refractivity contribution < 1.29 is 0 Å². The van der Waals surface area contributed by atoms with Gasteiger partial charge in [0.1, 0.15) is 0 Å². The second-order valence-corrected chi connectivity index (χ2v) is 6.24. The van der Waals surface area contributed by atoms with Gasteiger partial charge in [0.25, 0.3) is 0 Å². The lowest BCUT2D eigenvalue weighted by Crippen LogP contribution is -2.01. The summed E-state index contributed by atoms with van der Waals surface area (Å²) < 4.78 is 3.16. The lowest BCUT2D eigenvalue weighted by Gasteiger charge is -2.01. The molecule has 0 saturated carbocycles. The van der Waals surface area contributed by atoms with Gasteiger partial charge in [0.05, 0.1) is 11.4 Å². The zero-order chi connectivity index (χ0) is 12.7. The number of nitrogens with zero attached hydrogens (tertiary/aromatic N) is 2. The van der Waals surface area contributed by atoms with Crippen molar-refractivity contribution >= 4 is 32.2 Å². The number of halogens is 1. The van der Waals surface area contributed by atoms with E-state index in [9.17, 15) is 0 Å². The number of aromatic nitrogens is 2. The SMILES string of the molecule is Cc1cn2c(CN)c(-c3ccc(Br)cc3)nc2s1. The topological polar surface area (TPSA) is 43.3 Å². The first-order valence-corrected chi connectivity index (χ1v) is 7.23. The average molecular weight is 322 g/mol. The van der Waals surface area contributed by atoms with Gasteiger partial charge < -0.3 is 5.73 Å². The highest BCUT2D eigenvalue weighted by molar-refractivity contribution is 9.10. The second-order valence-electron chi connectivity index (χ2n) is 4.11. The highest BCUT2D eigenvalue weighted by Crippen LogP contribution is 2.28. The summed E-state index contributed by atoms with van der Waals surface area (Å²) in [6, 6.07) is 8.16. The van der Waals surface area contributed by atoms with Crippen LogP contribution >= 0.6 is 27.3 Å². The number of benzene rings is 1. The summed E-state index contributed by atoms with van der Waals surface area (Å²) in [5.41, 5.74) is 9.03. The Labute approximate surface area is 117 Å². The van der Waals surface area contributed by atoms with Gasteiger partial charge in [0.15, 0.2) is 4.96 Å². The van der Waals surface area contributed by atoms with Crippen LogP contribution in [0.1, 0.15) is 10.6 Å². The largest absolute Gasteiger partial charge is 0.325 e. The quantitative estimate of drug-likeness (QED) is 0.783. The van der Waals surface area contributed by atoms with Crippen LogP contribution in [-0.2, 0) is 6.54 Å². The number of hydrogen-bond acceptors (Lipinski definition) is 3. The molecule has 0 fully saturated rings. The first kappa shape index (κ1) is 11.9. The van der Waals surface area contributed by atoms with E-state index in [-0.39, 0.29) is 0 Å². The molecule has 0 amide bonds. The molecule has 0 radical (unpaired) electrons. The van der Waals surface area contributed by atoms with Crippen molar-refractivity contribution in [1.29, 1.82) is 0 Å². The van der Waals surface area contributed by atoms with Crippen LogP contribution in [0.5, 0.6) is 0 Å². The monoisotopic (exact) mass is 321 g/mol. The smallest absolute Gasteiger partial charge is 0.194 e. The van der Waals surface area contributed by atoms with Crippen LogP contribution in [0.2, 0.25) is 0 Å². The molecule has 0 unspecified atom stereocenters. The fourth-order valence-corrected chi connectivity index (χ4v) is 3.14. The van der Waals surface area contributed by atoms with Crippen molar-refractivity contribution in [1.82, 2.24) is 9.38 Å². The van der Waals surface area contributed by atoms with E-state index in [1.165, 1.54) is 4.88 Å². The van der Waals surface area contributed by atoms with E-state index in [4.69, 9.17) is 10.7 Å². The van der Waals surface area contributed by atoms with E-state index in [1.807, 2.05) is 12.1 Å². The molecule has 0 spiro atoms. The molecule has 3 aromatic rings. The van der Waals surface area contributed by atoms with E-state index < -0.39 is 0 Å². The van der Waals surface area contributed by atoms with Crippen molar-refractivity contribution in [2.24, 2.45) is 5.73 Å². The number of rotatable bonds is 2. The minimum absolute atomic E-state index is 0.489. The minimum Gasteiger partial charge on any atom is -0.325 e. The Hall–Kier alpha value is -1.17. The molecule has 0 saturated heterocycles. The molecule has 0 bridgehead atoms. The Balaban J connectivity index is 2.22. The number of hydrogen-bond donors (Lipinski definition) is 1. The lowest BCUT2D eigenvalue weighted by molar-refractivity contribution is 0.967. The fraction of sp³-hybridized carbons (Fsp3) is 0.154. The van der Waals surface area contributed by atoms with Crippen molar-refractivity contribution in [3.05, 3.63) is 45.5 Å². The molecule has 5 heteroatoms. The number of fused-ring (bicyclic) bond motifs is 1. The highest BCUT2D eigenvalue weighted by Gasteiger charge is 2.14. The van der Waals surface area contributed by atoms with E-state index in [0.29, 0.717) is 6.54 Å². The molecule has 3 nitrogen and oxygen atoms in total. The first-order valence-electron chi connectivity index (χ1n) is 5.62. The Morgan fingerprint density at radius 1 is 1.33 bits per heavy atom. The highest BCUT2D eigenvalue weighted by atomic mass is 79.9. The van der Waals surface area contributed by atoms with E-state index in [2.05, 4.69) is 45.6 Å². The first-order chi connectivity index (χ1) is 8.69. The van der Waals surface area contributed by atoms with Gasteiger partial charge in [-0.15, -0.1) is 11.3 Å².